The zero-order valence-electron chi connectivity index (χ0n) is 11.8. The molecule has 5 heteroatoms. The van der Waals surface area contributed by atoms with Gasteiger partial charge < -0.3 is 14.1 Å². The fourth-order valence-electron chi connectivity index (χ4n) is 2.22. The lowest BCUT2D eigenvalue weighted by Crippen LogP contribution is -1.92. The molecule has 1 N–H and O–H groups in total. The fourth-order valence-corrected chi connectivity index (χ4v) is 2.49. The molecule has 108 valence electrons. The molecule has 3 aromatic rings. The second-order valence-corrected chi connectivity index (χ2v) is 5.03. The summed E-state index contributed by atoms with van der Waals surface area (Å²) < 4.78 is 11.0. The minimum Gasteiger partial charge on any atom is -0.497 e. The Hall–Kier alpha value is -2.84. The first-order chi connectivity index (χ1) is 10.7. The van der Waals surface area contributed by atoms with Crippen LogP contribution in [0, 0.1) is 16.0 Å². The zero-order valence-corrected chi connectivity index (χ0v) is 12.6. The van der Waals surface area contributed by atoms with Crippen molar-refractivity contribution in [3.8, 4) is 34.4 Å². The average molecular weight is 308 g/mol. The molecule has 0 spiro atoms. The maximum absolute atomic E-state index is 9.33. The molecule has 1 aromatic carbocycles. The van der Waals surface area contributed by atoms with Gasteiger partial charge in [0.05, 0.1) is 18.9 Å². The first kappa shape index (κ1) is 14.1. The third kappa shape index (κ3) is 2.52. The van der Waals surface area contributed by atoms with Crippen molar-refractivity contribution in [1.29, 1.82) is 5.26 Å². The molecule has 0 saturated heterocycles. The summed E-state index contributed by atoms with van der Waals surface area (Å²) in [6.07, 6.45) is 1.57. The highest BCUT2D eigenvalue weighted by Gasteiger charge is 2.12. The largest absolute Gasteiger partial charge is 0.497 e. The number of rotatable bonds is 3. The molecule has 2 heterocycles. The van der Waals surface area contributed by atoms with E-state index < -0.39 is 0 Å². The highest BCUT2D eigenvalue weighted by molar-refractivity contribution is 7.71. The zero-order chi connectivity index (χ0) is 15.5. The molecule has 0 aliphatic carbocycles. The Morgan fingerprint density at radius 1 is 1.23 bits per heavy atom. The molecular formula is C17H12N2O2S. The Labute approximate surface area is 132 Å². The van der Waals surface area contributed by atoms with Crippen LogP contribution < -0.4 is 4.74 Å². The average Bonchev–Trinajstić information content (AvgIpc) is 3.08. The number of hydrogen-bond donors (Lipinski definition) is 1. The highest BCUT2D eigenvalue weighted by atomic mass is 32.1. The van der Waals surface area contributed by atoms with Gasteiger partial charge in [0.25, 0.3) is 0 Å². The second-order valence-electron chi connectivity index (χ2n) is 4.62. The van der Waals surface area contributed by atoms with E-state index in [4.69, 9.17) is 21.4 Å². The summed E-state index contributed by atoms with van der Waals surface area (Å²) >= 11 is 5.30. The van der Waals surface area contributed by atoms with Gasteiger partial charge in [-0.3, -0.25) is 0 Å². The van der Waals surface area contributed by atoms with Crippen LogP contribution in [0.25, 0.3) is 22.6 Å². The molecule has 0 radical (unpaired) electrons. The monoisotopic (exact) mass is 308 g/mol. The van der Waals surface area contributed by atoms with Crippen LogP contribution in [-0.2, 0) is 0 Å². The fraction of sp³-hybridized carbons (Fsp3) is 0.0588. The number of aromatic nitrogens is 1. The third-order valence-corrected chi connectivity index (χ3v) is 3.64. The van der Waals surface area contributed by atoms with Gasteiger partial charge in [0.2, 0.25) is 0 Å². The smallest absolute Gasteiger partial charge is 0.135 e. The molecule has 0 aliphatic rings. The SMILES string of the molecule is COc1ccc(-c2cc(-c3ccco3)c(C#N)c(=S)[nH]2)cc1. The molecule has 2 aromatic heterocycles. The van der Waals surface area contributed by atoms with E-state index in [1.54, 1.807) is 19.4 Å². The summed E-state index contributed by atoms with van der Waals surface area (Å²) in [5, 5.41) is 9.33. The van der Waals surface area contributed by atoms with E-state index in [1.165, 1.54) is 0 Å². The molecule has 0 amide bonds. The van der Waals surface area contributed by atoms with Crippen molar-refractivity contribution in [1.82, 2.24) is 4.98 Å². The molecule has 0 fully saturated rings. The van der Waals surface area contributed by atoms with Gasteiger partial charge in [-0.15, -0.1) is 0 Å². The van der Waals surface area contributed by atoms with Crippen LogP contribution in [0.2, 0.25) is 0 Å². The Balaban J connectivity index is 2.18. The van der Waals surface area contributed by atoms with Gasteiger partial charge in [0, 0.05) is 11.3 Å². The van der Waals surface area contributed by atoms with Crippen molar-refractivity contribution in [3.05, 3.63) is 58.9 Å². The molecule has 22 heavy (non-hydrogen) atoms. The lowest BCUT2D eigenvalue weighted by molar-refractivity contribution is 0.415. The van der Waals surface area contributed by atoms with Crippen molar-refractivity contribution in [2.45, 2.75) is 0 Å². The topological polar surface area (TPSA) is 61.9 Å². The number of furan rings is 1. The number of nitriles is 1. The molecule has 0 atom stereocenters. The Bertz CT molecular complexity index is 888. The van der Waals surface area contributed by atoms with Gasteiger partial charge in [0.1, 0.15) is 22.2 Å². The predicted octanol–water partition coefficient (Wildman–Crippen LogP) is 4.55. The molecule has 0 saturated carbocycles. The van der Waals surface area contributed by atoms with Crippen LogP contribution in [0.3, 0.4) is 0 Å². The van der Waals surface area contributed by atoms with Gasteiger partial charge in [-0.2, -0.15) is 5.26 Å². The molecule has 3 rings (SSSR count). The summed E-state index contributed by atoms with van der Waals surface area (Å²) in [5.41, 5.74) is 2.85. The van der Waals surface area contributed by atoms with Crippen LogP contribution in [-0.4, -0.2) is 12.1 Å². The number of hydrogen-bond acceptors (Lipinski definition) is 4. The van der Waals surface area contributed by atoms with E-state index in [-0.39, 0.29) is 0 Å². The van der Waals surface area contributed by atoms with Crippen molar-refractivity contribution < 1.29 is 9.15 Å². The normalized spacial score (nSPS) is 10.2. The van der Waals surface area contributed by atoms with Gasteiger partial charge >= 0.3 is 0 Å². The molecular weight excluding hydrogens is 296 g/mol. The number of aromatic amines is 1. The first-order valence-corrected chi connectivity index (χ1v) is 6.99. The van der Waals surface area contributed by atoms with Crippen LogP contribution in [0.5, 0.6) is 5.75 Å². The quantitative estimate of drug-likeness (QED) is 0.721. The first-order valence-electron chi connectivity index (χ1n) is 6.58. The van der Waals surface area contributed by atoms with E-state index in [0.29, 0.717) is 21.5 Å². The second kappa shape index (κ2) is 5.88. The number of methoxy groups -OCH3 is 1. The number of pyridine rings is 1. The minimum absolute atomic E-state index is 0.391. The van der Waals surface area contributed by atoms with Crippen molar-refractivity contribution >= 4 is 12.2 Å². The lowest BCUT2D eigenvalue weighted by Gasteiger charge is -2.08. The maximum Gasteiger partial charge on any atom is 0.135 e. The lowest BCUT2D eigenvalue weighted by atomic mass is 10.0. The van der Waals surface area contributed by atoms with Crippen molar-refractivity contribution in [2.75, 3.05) is 7.11 Å². The van der Waals surface area contributed by atoms with Gasteiger partial charge in [-0.05, 0) is 48.0 Å². The van der Waals surface area contributed by atoms with E-state index in [9.17, 15) is 5.26 Å². The Morgan fingerprint density at radius 2 is 2.00 bits per heavy atom. The van der Waals surface area contributed by atoms with E-state index >= 15 is 0 Å². The standard InChI is InChI=1S/C17H12N2O2S/c1-20-12-6-4-11(5-7-12)15-9-13(16-3-2-8-21-16)14(10-18)17(22)19-15/h2-9H,1H3,(H,19,22). The molecule has 0 aliphatic heterocycles. The number of nitrogens with one attached hydrogen (secondary N) is 1. The number of benzene rings is 1. The molecule has 0 unspecified atom stereocenters. The summed E-state index contributed by atoms with van der Waals surface area (Å²) in [6, 6.07) is 15.2. The highest BCUT2D eigenvalue weighted by Crippen LogP contribution is 2.29. The summed E-state index contributed by atoms with van der Waals surface area (Å²) in [6.45, 7) is 0. The maximum atomic E-state index is 9.33. The van der Waals surface area contributed by atoms with Crippen LogP contribution >= 0.6 is 12.2 Å². The Morgan fingerprint density at radius 3 is 2.59 bits per heavy atom. The summed E-state index contributed by atoms with van der Waals surface area (Å²) in [7, 11) is 1.62. The number of H-pyrrole nitrogens is 1. The summed E-state index contributed by atoms with van der Waals surface area (Å²) in [4.78, 5) is 3.09. The predicted molar refractivity (Wildman–Crippen MR) is 86.0 cm³/mol. The van der Waals surface area contributed by atoms with E-state index in [2.05, 4.69) is 11.1 Å². The van der Waals surface area contributed by atoms with Crippen molar-refractivity contribution in [3.63, 3.8) is 0 Å². The number of nitrogens with zero attached hydrogens (tertiary/aromatic N) is 1. The Kier molecular flexibility index (Phi) is 3.77. The third-order valence-electron chi connectivity index (χ3n) is 3.33. The van der Waals surface area contributed by atoms with Crippen LogP contribution in [0.1, 0.15) is 5.56 Å². The van der Waals surface area contributed by atoms with Gasteiger partial charge in [-0.25, -0.2) is 0 Å². The van der Waals surface area contributed by atoms with Gasteiger partial charge in [-0.1, -0.05) is 12.2 Å². The molecule has 4 nitrogen and oxygen atoms in total. The number of ether oxygens (including phenoxy) is 1. The minimum atomic E-state index is 0.391. The van der Waals surface area contributed by atoms with E-state index in [0.717, 1.165) is 17.0 Å². The van der Waals surface area contributed by atoms with Crippen LogP contribution in [0.4, 0.5) is 0 Å². The summed E-state index contributed by atoms with van der Waals surface area (Å²) in [5.74, 6) is 1.40. The van der Waals surface area contributed by atoms with E-state index in [1.807, 2.05) is 36.4 Å². The van der Waals surface area contributed by atoms with Gasteiger partial charge in [0.15, 0.2) is 0 Å². The molecule has 0 bridgehead atoms. The van der Waals surface area contributed by atoms with Crippen molar-refractivity contribution in [2.24, 2.45) is 0 Å². The van der Waals surface area contributed by atoms with Crippen LogP contribution in [0.15, 0.2) is 53.1 Å².